The highest BCUT2D eigenvalue weighted by molar-refractivity contribution is 7.16. The third-order valence-electron chi connectivity index (χ3n) is 4.25. The lowest BCUT2D eigenvalue weighted by atomic mass is 9.88. The Morgan fingerprint density at radius 3 is 2.79 bits per heavy atom. The summed E-state index contributed by atoms with van der Waals surface area (Å²) < 4.78 is 5.06. The molecule has 0 radical (unpaired) electrons. The molecule has 1 fully saturated rings. The lowest BCUT2D eigenvalue weighted by Crippen LogP contribution is -2.40. The first-order valence-electron chi connectivity index (χ1n) is 7.58. The van der Waals surface area contributed by atoms with Crippen LogP contribution in [0.3, 0.4) is 0 Å². The molecule has 3 rings (SSSR count). The number of ether oxygens (including phenoxy) is 1. The Hall–Kier alpha value is -2.25. The smallest absolute Gasteiger partial charge is 0.313 e. The van der Waals surface area contributed by atoms with E-state index in [9.17, 15) is 14.7 Å². The molecule has 1 N–H and O–H groups in total. The molecule has 1 aromatic carbocycles. The predicted octanol–water partition coefficient (Wildman–Crippen LogP) is 2.37. The summed E-state index contributed by atoms with van der Waals surface area (Å²) in [5.74, 6) is -1.09. The van der Waals surface area contributed by atoms with Gasteiger partial charge in [0.2, 0.25) is 0 Å². The molecule has 1 aliphatic rings. The Morgan fingerprint density at radius 1 is 1.38 bits per heavy atom. The number of carboxylic acid groups (broad SMARTS) is 1. The number of carbonyl (C=O) groups is 2. The first-order chi connectivity index (χ1) is 11.6. The average Bonchev–Trinajstić information content (AvgIpc) is 3.23. The van der Waals surface area contributed by atoms with Crippen molar-refractivity contribution in [3.63, 3.8) is 0 Å². The van der Waals surface area contributed by atoms with E-state index in [4.69, 9.17) is 4.74 Å². The number of rotatable bonds is 5. The molecule has 1 aromatic heterocycles. The van der Waals surface area contributed by atoms with Crippen molar-refractivity contribution in [1.82, 2.24) is 9.88 Å². The standard InChI is InChI=1S/C17H18N2O4S/c1-23-11-17(16(21)22)7-8-19(10-17)15(20)13-9-18-14(24-13)12-5-3-2-4-6-12/h2-6,9H,7-8,10-11H2,1H3,(H,21,22). The second kappa shape index (κ2) is 6.70. The zero-order valence-corrected chi connectivity index (χ0v) is 14.1. The van der Waals surface area contributed by atoms with Crippen molar-refractivity contribution < 1.29 is 19.4 Å². The van der Waals surface area contributed by atoms with E-state index < -0.39 is 11.4 Å². The molecule has 6 nitrogen and oxygen atoms in total. The SMILES string of the molecule is COCC1(C(=O)O)CCN(C(=O)c2cnc(-c3ccccc3)s2)C1. The van der Waals surface area contributed by atoms with E-state index in [0.717, 1.165) is 10.6 Å². The summed E-state index contributed by atoms with van der Waals surface area (Å²) in [6.07, 6.45) is 1.96. The summed E-state index contributed by atoms with van der Waals surface area (Å²) >= 11 is 1.32. The molecule has 1 aliphatic heterocycles. The Bertz CT molecular complexity index is 746. The average molecular weight is 346 g/mol. The molecule has 1 atom stereocenters. The maximum Gasteiger partial charge on any atom is 0.313 e. The zero-order chi connectivity index (χ0) is 17.2. The summed E-state index contributed by atoms with van der Waals surface area (Å²) in [6.45, 7) is 0.671. The molecule has 2 aromatic rings. The summed E-state index contributed by atoms with van der Waals surface area (Å²) in [6, 6.07) is 9.65. The second-order valence-electron chi connectivity index (χ2n) is 5.89. The number of benzene rings is 1. The van der Waals surface area contributed by atoms with Gasteiger partial charge in [-0.25, -0.2) is 4.98 Å². The highest BCUT2D eigenvalue weighted by Gasteiger charge is 2.46. The number of nitrogens with zero attached hydrogens (tertiary/aromatic N) is 2. The number of amides is 1. The first kappa shape index (κ1) is 16.6. The van der Waals surface area contributed by atoms with Crippen molar-refractivity contribution >= 4 is 23.2 Å². The molecule has 2 heterocycles. The summed E-state index contributed by atoms with van der Waals surface area (Å²) in [5.41, 5.74) is -0.0561. The van der Waals surface area contributed by atoms with Gasteiger partial charge in [-0.1, -0.05) is 30.3 Å². The van der Waals surface area contributed by atoms with Crippen molar-refractivity contribution in [1.29, 1.82) is 0 Å². The van der Waals surface area contributed by atoms with Gasteiger partial charge in [-0.15, -0.1) is 11.3 Å². The fourth-order valence-electron chi connectivity index (χ4n) is 2.92. The van der Waals surface area contributed by atoms with E-state index in [0.29, 0.717) is 17.8 Å². The van der Waals surface area contributed by atoms with E-state index in [-0.39, 0.29) is 19.1 Å². The molecule has 0 spiro atoms. The Balaban J connectivity index is 1.76. The van der Waals surface area contributed by atoms with Gasteiger partial charge in [-0.05, 0) is 6.42 Å². The van der Waals surface area contributed by atoms with E-state index in [2.05, 4.69) is 4.98 Å². The number of thiazole rings is 1. The van der Waals surface area contributed by atoms with Crippen LogP contribution in [0, 0.1) is 5.41 Å². The number of aromatic nitrogens is 1. The number of carbonyl (C=O) groups excluding carboxylic acids is 1. The number of carboxylic acids is 1. The topological polar surface area (TPSA) is 79.7 Å². The van der Waals surface area contributed by atoms with Crippen LogP contribution in [-0.4, -0.2) is 53.7 Å². The largest absolute Gasteiger partial charge is 0.481 e. The number of hydrogen-bond acceptors (Lipinski definition) is 5. The third kappa shape index (κ3) is 3.05. The van der Waals surface area contributed by atoms with Crippen molar-refractivity contribution in [3.05, 3.63) is 41.4 Å². The van der Waals surface area contributed by atoms with Crippen molar-refractivity contribution in [3.8, 4) is 10.6 Å². The van der Waals surface area contributed by atoms with Crippen LogP contribution in [0.15, 0.2) is 36.5 Å². The fraction of sp³-hybridized carbons (Fsp3) is 0.353. The minimum atomic E-state index is -1.02. The zero-order valence-electron chi connectivity index (χ0n) is 13.3. The van der Waals surface area contributed by atoms with Crippen LogP contribution in [0.25, 0.3) is 10.6 Å². The Morgan fingerprint density at radius 2 is 2.12 bits per heavy atom. The number of likely N-dealkylation sites (tertiary alicyclic amines) is 1. The highest BCUT2D eigenvalue weighted by atomic mass is 32.1. The molecular weight excluding hydrogens is 328 g/mol. The van der Waals surface area contributed by atoms with Gasteiger partial charge >= 0.3 is 5.97 Å². The lowest BCUT2D eigenvalue weighted by Gasteiger charge is -2.23. The molecule has 0 bridgehead atoms. The van der Waals surface area contributed by atoms with Gasteiger partial charge in [0.05, 0.1) is 12.8 Å². The fourth-order valence-corrected chi connectivity index (χ4v) is 3.81. The summed E-state index contributed by atoms with van der Waals surface area (Å²) in [5, 5.41) is 10.3. The maximum absolute atomic E-state index is 12.7. The van der Waals surface area contributed by atoms with Crippen LogP contribution in [0.4, 0.5) is 0 Å². The van der Waals surface area contributed by atoms with Crippen LogP contribution in [0.5, 0.6) is 0 Å². The number of aliphatic carboxylic acids is 1. The Labute approximate surface area is 143 Å². The molecule has 24 heavy (non-hydrogen) atoms. The van der Waals surface area contributed by atoms with E-state index in [1.54, 1.807) is 11.1 Å². The van der Waals surface area contributed by atoms with Gasteiger partial charge in [0, 0.05) is 25.8 Å². The van der Waals surface area contributed by atoms with Gasteiger partial charge in [0.1, 0.15) is 15.3 Å². The normalized spacial score (nSPS) is 20.3. The predicted molar refractivity (Wildman–Crippen MR) is 90.0 cm³/mol. The third-order valence-corrected chi connectivity index (χ3v) is 5.29. The highest BCUT2D eigenvalue weighted by Crippen LogP contribution is 2.33. The minimum Gasteiger partial charge on any atom is -0.481 e. The quantitative estimate of drug-likeness (QED) is 0.899. The van der Waals surface area contributed by atoms with E-state index in [1.165, 1.54) is 18.4 Å². The summed E-state index contributed by atoms with van der Waals surface area (Å²) in [4.78, 5) is 30.7. The monoisotopic (exact) mass is 346 g/mol. The van der Waals surface area contributed by atoms with Crippen LogP contribution in [0.1, 0.15) is 16.1 Å². The molecule has 0 aliphatic carbocycles. The van der Waals surface area contributed by atoms with E-state index >= 15 is 0 Å². The number of methoxy groups -OCH3 is 1. The van der Waals surface area contributed by atoms with Crippen molar-refractivity contribution in [2.75, 3.05) is 26.8 Å². The van der Waals surface area contributed by atoms with E-state index in [1.807, 2.05) is 30.3 Å². The number of hydrogen-bond donors (Lipinski definition) is 1. The van der Waals surface area contributed by atoms with Gasteiger partial charge < -0.3 is 14.7 Å². The molecule has 0 saturated carbocycles. The molecular formula is C17H18N2O4S. The molecule has 126 valence electrons. The van der Waals surface area contributed by atoms with Crippen LogP contribution >= 0.6 is 11.3 Å². The Kier molecular flexibility index (Phi) is 4.64. The maximum atomic E-state index is 12.7. The van der Waals surface area contributed by atoms with Gasteiger partial charge in [-0.2, -0.15) is 0 Å². The molecule has 1 unspecified atom stereocenters. The second-order valence-corrected chi connectivity index (χ2v) is 6.92. The first-order valence-corrected chi connectivity index (χ1v) is 8.40. The van der Waals surface area contributed by atoms with Crippen molar-refractivity contribution in [2.45, 2.75) is 6.42 Å². The molecule has 1 amide bonds. The lowest BCUT2D eigenvalue weighted by molar-refractivity contribution is -0.151. The molecule has 7 heteroatoms. The van der Waals surface area contributed by atoms with Gasteiger partial charge in [0.25, 0.3) is 5.91 Å². The van der Waals surface area contributed by atoms with Crippen molar-refractivity contribution in [2.24, 2.45) is 5.41 Å². The van der Waals surface area contributed by atoms with Gasteiger partial charge in [0.15, 0.2) is 0 Å². The van der Waals surface area contributed by atoms with Crippen LogP contribution in [0.2, 0.25) is 0 Å². The van der Waals surface area contributed by atoms with Gasteiger partial charge in [-0.3, -0.25) is 9.59 Å². The van der Waals surface area contributed by atoms with Crippen LogP contribution in [-0.2, 0) is 9.53 Å². The van der Waals surface area contributed by atoms with Crippen LogP contribution < -0.4 is 0 Å². The summed E-state index contributed by atoms with van der Waals surface area (Å²) in [7, 11) is 1.48. The molecule has 1 saturated heterocycles. The minimum absolute atomic E-state index is 0.101.